The second kappa shape index (κ2) is 28.7. The van der Waals surface area contributed by atoms with Crippen LogP contribution in [-0.2, 0) is 18.4 Å². The van der Waals surface area contributed by atoms with Gasteiger partial charge in [-0.3, -0.25) is 9.36 Å². The number of carbonyl (C=O) groups is 1. The lowest BCUT2D eigenvalue weighted by molar-refractivity contribution is -0.870. The maximum atomic E-state index is 12.7. The Bertz CT molecular complexity index is 881. The van der Waals surface area contributed by atoms with E-state index < -0.39 is 26.6 Å². The molecule has 0 spiro atoms. The standard InChI is InChI=1S/C36H67N2O6P/c1-6-8-10-12-14-16-17-18-19-20-22-24-26-28-30-36(40)37-34(33-44-45(41,42)43-32-31-38(3,4)5)35(39)29-27-25-23-21-15-13-11-9-7-2/h12,14-15,17-18,21,27,29,34-35,39H,6-11,13,16,19-20,22-26,28,30-33H2,1-5H3,(H-,37,40,41,42)/b14-12-,18-17-,21-15+,29-27+. The highest BCUT2D eigenvalue weighted by atomic mass is 31.2. The van der Waals surface area contributed by atoms with Crippen molar-refractivity contribution in [1.29, 1.82) is 0 Å². The molecule has 0 aromatic carbocycles. The van der Waals surface area contributed by atoms with Crippen LogP contribution in [0.2, 0.25) is 0 Å². The van der Waals surface area contributed by atoms with Crippen molar-refractivity contribution >= 4 is 13.7 Å². The van der Waals surface area contributed by atoms with Gasteiger partial charge in [-0.2, -0.15) is 0 Å². The van der Waals surface area contributed by atoms with Gasteiger partial charge in [-0.15, -0.1) is 0 Å². The number of phosphoric acid groups is 1. The fourth-order valence-corrected chi connectivity index (χ4v) is 5.08. The molecule has 0 aromatic rings. The molecule has 0 aliphatic rings. The van der Waals surface area contributed by atoms with E-state index in [4.69, 9.17) is 9.05 Å². The zero-order valence-corrected chi connectivity index (χ0v) is 30.2. The number of hydrogen-bond donors (Lipinski definition) is 2. The molecule has 0 aliphatic heterocycles. The van der Waals surface area contributed by atoms with E-state index in [9.17, 15) is 19.4 Å². The van der Waals surface area contributed by atoms with Crippen molar-refractivity contribution in [2.75, 3.05) is 40.9 Å². The number of unbranched alkanes of at least 4 members (excludes halogenated alkanes) is 11. The zero-order chi connectivity index (χ0) is 33.7. The first-order chi connectivity index (χ1) is 21.5. The SMILES string of the molecule is CCCC/C=C\C/C=C\CCCCCCCC(=O)NC(COP(=O)([O-])OCC[N+](C)(C)C)C(O)/C=C/CC/C=C/CCCCC. The highest BCUT2D eigenvalue weighted by molar-refractivity contribution is 7.45. The Kier molecular flexibility index (Phi) is 27.7. The summed E-state index contributed by atoms with van der Waals surface area (Å²) in [5.41, 5.74) is 0. The summed E-state index contributed by atoms with van der Waals surface area (Å²) in [5, 5.41) is 13.6. The summed E-state index contributed by atoms with van der Waals surface area (Å²) < 4.78 is 23.0. The second-order valence-electron chi connectivity index (χ2n) is 12.9. The van der Waals surface area contributed by atoms with Crippen LogP contribution in [0.1, 0.15) is 123 Å². The topological polar surface area (TPSA) is 108 Å². The summed E-state index contributed by atoms with van der Waals surface area (Å²) in [6.07, 6.45) is 33.0. The Hall–Kier alpha value is -1.54. The van der Waals surface area contributed by atoms with Gasteiger partial charge in [0.05, 0.1) is 39.9 Å². The van der Waals surface area contributed by atoms with E-state index >= 15 is 0 Å². The van der Waals surface area contributed by atoms with Crippen molar-refractivity contribution in [3.05, 3.63) is 48.6 Å². The first-order valence-electron chi connectivity index (χ1n) is 17.5. The van der Waals surface area contributed by atoms with Gasteiger partial charge in [-0.1, -0.05) is 107 Å². The smallest absolute Gasteiger partial charge is 0.268 e. The normalized spacial score (nSPS) is 15.4. The summed E-state index contributed by atoms with van der Waals surface area (Å²) in [5.74, 6) is -0.229. The molecule has 0 saturated carbocycles. The molecule has 0 aromatic heterocycles. The molecule has 0 radical (unpaired) electrons. The number of aliphatic hydroxyl groups excluding tert-OH is 1. The van der Waals surface area contributed by atoms with Crippen molar-refractivity contribution in [3.8, 4) is 0 Å². The highest BCUT2D eigenvalue weighted by Crippen LogP contribution is 2.38. The van der Waals surface area contributed by atoms with Crippen LogP contribution in [0, 0.1) is 0 Å². The van der Waals surface area contributed by atoms with Gasteiger partial charge in [-0.25, -0.2) is 0 Å². The Labute approximate surface area is 276 Å². The molecule has 9 heteroatoms. The maximum absolute atomic E-state index is 12.7. The molecule has 1 amide bonds. The van der Waals surface area contributed by atoms with Crippen LogP contribution in [0.15, 0.2) is 48.6 Å². The molecule has 8 nitrogen and oxygen atoms in total. The van der Waals surface area contributed by atoms with Gasteiger partial charge in [0.25, 0.3) is 7.82 Å². The van der Waals surface area contributed by atoms with Crippen LogP contribution < -0.4 is 10.2 Å². The largest absolute Gasteiger partial charge is 0.756 e. The Morgan fingerprint density at radius 3 is 2.00 bits per heavy atom. The number of amides is 1. The summed E-state index contributed by atoms with van der Waals surface area (Å²) in [4.78, 5) is 25.0. The van der Waals surface area contributed by atoms with Crippen LogP contribution in [-0.4, -0.2) is 68.5 Å². The van der Waals surface area contributed by atoms with Gasteiger partial charge < -0.3 is 28.8 Å². The van der Waals surface area contributed by atoms with Crippen molar-refractivity contribution in [2.45, 2.75) is 135 Å². The molecule has 3 atom stereocenters. The number of nitrogens with one attached hydrogen (secondary N) is 1. The van der Waals surface area contributed by atoms with Crippen LogP contribution >= 0.6 is 7.82 Å². The lowest BCUT2D eigenvalue weighted by Crippen LogP contribution is -2.45. The molecular formula is C36H67N2O6P. The van der Waals surface area contributed by atoms with Crippen molar-refractivity contribution in [1.82, 2.24) is 5.32 Å². The van der Waals surface area contributed by atoms with Crippen LogP contribution in [0.5, 0.6) is 0 Å². The third-order valence-electron chi connectivity index (χ3n) is 7.26. The first-order valence-corrected chi connectivity index (χ1v) is 19.0. The average molecular weight is 655 g/mol. The van der Waals surface area contributed by atoms with E-state index in [-0.39, 0.29) is 12.5 Å². The molecule has 262 valence electrons. The van der Waals surface area contributed by atoms with Gasteiger partial charge in [-0.05, 0) is 57.8 Å². The number of nitrogens with zero attached hydrogens (tertiary/aromatic N) is 1. The molecule has 0 bridgehead atoms. The second-order valence-corrected chi connectivity index (χ2v) is 14.3. The van der Waals surface area contributed by atoms with E-state index in [0.717, 1.165) is 64.2 Å². The van der Waals surface area contributed by atoms with Gasteiger partial charge in [0.15, 0.2) is 0 Å². The quantitative estimate of drug-likeness (QED) is 0.0353. The minimum Gasteiger partial charge on any atom is -0.756 e. The molecule has 45 heavy (non-hydrogen) atoms. The van der Waals surface area contributed by atoms with Crippen LogP contribution in [0.25, 0.3) is 0 Å². The number of aliphatic hydroxyl groups is 1. The van der Waals surface area contributed by atoms with Gasteiger partial charge in [0, 0.05) is 6.42 Å². The monoisotopic (exact) mass is 654 g/mol. The van der Waals surface area contributed by atoms with E-state index in [1.165, 1.54) is 38.5 Å². The van der Waals surface area contributed by atoms with Crippen LogP contribution in [0.3, 0.4) is 0 Å². The number of quaternary nitrogens is 1. The molecule has 0 saturated heterocycles. The predicted octanol–water partition coefficient (Wildman–Crippen LogP) is 7.94. The van der Waals surface area contributed by atoms with Gasteiger partial charge in [0.1, 0.15) is 13.2 Å². The minimum atomic E-state index is -4.58. The number of rotatable bonds is 30. The minimum absolute atomic E-state index is 0.0114. The maximum Gasteiger partial charge on any atom is 0.268 e. The van der Waals surface area contributed by atoms with Crippen LogP contribution in [0.4, 0.5) is 0 Å². The molecule has 0 fully saturated rings. The highest BCUT2D eigenvalue weighted by Gasteiger charge is 2.23. The van der Waals surface area contributed by atoms with E-state index in [1.807, 2.05) is 27.2 Å². The number of allylic oxidation sites excluding steroid dienone is 7. The van der Waals surface area contributed by atoms with E-state index in [0.29, 0.717) is 17.4 Å². The number of likely N-dealkylation sites (N-methyl/N-ethyl adjacent to an activating group) is 1. The Morgan fingerprint density at radius 1 is 0.778 bits per heavy atom. The Balaban J connectivity index is 4.63. The lowest BCUT2D eigenvalue weighted by Gasteiger charge is -2.29. The van der Waals surface area contributed by atoms with Crippen molar-refractivity contribution < 1.29 is 32.9 Å². The molecular weight excluding hydrogens is 587 g/mol. The molecule has 0 heterocycles. The van der Waals surface area contributed by atoms with Gasteiger partial charge in [0.2, 0.25) is 5.91 Å². The summed E-state index contributed by atoms with van der Waals surface area (Å²) in [7, 11) is 1.22. The molecule has 0 aliphatic carbocycles. The molecule has 2 N–H and O–H groups in total. The fraction of sp³-hybridized carbons (Fsp3) is 0.750. The number of phosphoric ester groups is 1. The van der Waals surface area contributed by atoms with E-state index in [1.54, 1.807) is 6.08 Å². The van der Waals surface area contributed by atoms with Crippen molar-refractivity contribution in [3.63, 3.8) is 0 Å². The number of carbonyl (C=O) groups excluding carboxylic acids is 1. The fourth-order valence-electron chi connectivity index (χ4n) is 4.36. The van der Waals surface area contributed by atoms with E-state index in [2.05, 4.69) is 55.6 Å². The summed E-state index contributed by atoms with van der Waals surface area (Å²) >= 11 is 0. The molecule has 0 rings (SSSR count). The number of hydrogen-bond acceptors (Lipinski definition) is 6. The summed E-state index contributed by atoms with van der Waals surface area (Å²) in [6, 6.07) is -0.907. The lowest BCUT2D eigenvalue weighted by atomic mass is 10.1. The summed E-state index contributed by atoms with van der Waals surface area (Å²) in [6.45, 7) is 4.47. The third-order valence-corrected chi connectivity index (χ3v) is 8.23. The van der Waals surface area contributed by atoms with Crippen molar-refractivity contribution in [2.24, 2.45) is 0 Å². The third kappa shape index (κ3) is 30.9. The Morgan fingerprint density at radius 2 is 1.33 bits per heavy atom. The molecule has 3 unspecified atom stereocenters. The predicted molar refractivity (Wildman–Crippen MR) is 187 cm³/mol. The first kappa shape index (κ1) is 43.5. The van der Waals surface area contributed by atoms with Gasteiger partial charge >= 0.3 is 0 Å². The zero-order valence-electron chi connectivity index (χ0n) is 29.3. The average Bonchev–Trinajstić information content (AvgIpc) is 2.97.